The van der Waals surface area contributed by atoms with E-state index < -0.39 is 5.97 Å². The van der Waals surface area contributed by atoms with Crippen LogP contribution in [-0.4, -0.2) is 30.8 Å². The summed E-state index contributed by atoms with van der Waals surface area (Å²) >= 11 is 0. The monoisotopic (exact) mass is 283 g/mol. The number of aromatic carboxylic acids is 1. The molecule has 0 saturated carbocycles. The van der Waals surface area contributed by atoms with Gasteiger partial charge in [-0.25, -0.2) is 4.79 Å². The summed E-state index contributed by atoms with van der Waals surface area (Å²) in [5, 5.41) is 9.12. The van der Waals surface area contributed by atoms with Gasteiger partial charge in [0.05, 0.1) is 6.54 Å². The zero-order valence-corrected chi connectivity index (χ0v) is 11.7. The number of para-hydroxylation sites is 2. The quantitative estimate of drug-likeness (QED) is 0.916. The molecule has 2 aromatic rings. The fourth-order valence-electron chi connectivity index (χ4n) is 2.67. The minimum Gasteiger partial charge on any atom is -0.491 e. The molecule has 0 aliphatic carbocycles. The highest BCUT2D eigenvalue weighted by molar-refractivity contribution is 5.90. The van der Waals surface area contributed by atoms with Gasteiger partial charge in [-0.3, -0.25) is 0 Å². The smallest absolute Gasteiger partial charge is 0.339 e. The third-order valence-corrected chi connectivity index (χ3v) is 3.72. The lowest BCUT2D eigenvalue weighted by molar-refractivity contribution is 0.0692. The molecular formula is C17H17NO3. The second-order valence-electron chi connectivity index (χ2n) is 5.02. The number of anilines is 1. The molecule has 21 heavy (non-hydrogen) atoms. The molecule has 2 aromatic carbocycles. The van der Waals surface area contributed by atoms with Crippen LogP contribution in [0.5, 0.6) is 5.75 Å². The first-order valence-corrected chi connectivity index (χ1v) is 7.03. The number of carboxylic acid groups (broad SMARTS) is 1. The number of ether oxygens (including phenoxy) is 1. The van der Waals surface area contributed by atoms with Crippen LogP contribution in [0.4, 0.5) is 5.69 Å². The first-order valence-electron chi connectivity index (χ1n) is 7.03. The summed E-state index contributed by atoms with van der Waals surface area (Å²) in [6.45, 7) is 2.22. The van der Waals surface area contributed by atoms with E-state index in [1.165, 1.54) is 11.3 Å². The van der Waals surface area contributed by atoms with Crippen molar-refractivity contribution in [2.75, 3.05) is 24.6 Å². The summed E-state index contributed by atoms with van der Waals surface area (Å²) in [6.07, 6.45) is 1.06. The summed E-state index contributed by atoms with van der Waals surface area (Å²) in [4.78, 5) is 13.4. The molecule has 1 aliphatic heterocycles. The first kappa shape index (κ1) is 13.5. The maximum atomic E-state index is 11.1. The van der Waals surface area contributed by atoms with E-state index in [1.807, 2.05) is 6.07 Å². The van der Waals surface area contributed by atoms with Crippen molar-refractivity contribution < 1.29 is 14.6 Å². The van der Waals surface area contributed by atoms with Crippen LogP contribution in [0.25, 0.3) is 0 Å². The number of hydrogen-bond donors (Lipinski definition) is 1. The molecule has 1 N–H and O–H groups in total. The van der Waals surface area contributed by atoms with Crippen molar-refractivity contribution in [3.05, 3.63) is 59.7 Å². The molecule has 0 unspecified atom stereocenters. The Morgan fingerprint density at radius 1 is 1.14 bits per heavy atom. The van der Waals surface area contributed by atoms with Gasteiger partial charge in [0.2, 0.25) is 0 Å². The largest absolute Gasteiger partial charge is 0.491 e. The lowest BCUT2D eigenvalue weighted by atomic mass is 10.2. The Morgan fingerprint density at radius 2 is 1.90 bits per heavy atom. The number of carbonyl (C=O) groups is 1. The molecule has 1 heterocycles. The lowest BCUT2D eigenvalue weighted by Crippen LogP contribution is -2.26. The van der Waals surface area contributed by atoms with Crippen molar-refractivity contribution in [3.8, 4) is 5.75 Å². The van der Waals surface area contributed by atoms with E-state index in [9.17, 15) is 4.79 Å². The maximum absolute atomic E-state index is 11.1. The third kappa shape index (κ3) is 2.84. The number of fused-ring (bicyclic) bond motifs is 1. The van der Waals surface area contributed by atoms with Crippen LogP contribution in [0.1, 0.15) is 15.9 Å². The second-order valence-corrected chi connectivity index (χ2v) is 5.02. The van der Waals surface area contributed by atoms with Gasteiger partial charge in [-0.2, -0.15) is 0 Å². The predicted octanol–water partition coefficient (Wildman–Crippen LogP) is 2.83. The van der Waals surface area contributed by atoms with E-state index >= 15 is 0 Å². The molecule has 4 nitrogen and oxygen atoms in total. The molecule has 0 aromatic heterocycles. The van der Waals surface area contributed by atoms with Crippen molar-refractivity contribution in [1.82, 2.24) is 0 Å². The Kier molecular flexibility index (Phi) is 3.77. The molecule has 0 saturated heterocycles. The van der Waals surface area contributed by atoms with Gasteiger partial charge in [0.25, 0.3) is 0 Å². The molecular weight excluding hydrogens is 266 g/mol. The van der Waals surface area contributed by atoms with Gasteiger partial charge >= 0.3 is 5.97 Å². The average molecular weight is 283 g/mol. The molecule has 0 atom stereocenters. The van der Waals surface area contributed by atoms with E-state index in [-0.39, 0.29) is 5.56 Å². The van der Waals surface area contributed by atoms with E-state index in [4.69, 9.17) is 9.84 Å². The number of rotatable bonds is 5. The fraction of sp³-hybridized carbons (Fsp3) is 0.235. The number of benzene rings is 2. The standard InChI is InChI=1S/C17H17NO3/c19-17(20)14-6-2-4-8-16(14)21-12-11-18-10-9-13-5-1-3-7-15(13)18/h1-8H,9-12H2,(H,19,20). The average Bonchev–Trinajstić information content (AvgIpc) is 2.91. The fourth-order valence-corrected chi connectivity index (χ4v) is 2.67. The normalized spacial score (nSPS) is 13.0. The lowest BCUT2D eigenvalue weighted by Gasteiger charge is -2.19. The molecule has 0 bridgehead atoms. The second kappa shape index (κ2) is 5.87. The van der Waals surface area contributed by atoms with Crippen LogP contribution in [0.15, 0.2) is 48.5 Å². The van der Waals surface area contributed by atoms with Gasteiger partial charge in [0.1, 0.15) is 17.9 Å². The first-order chi connectivity index (χ1) is 10.3. The number of carboxylic acids is 1. The summed E-state index contributed by atoms with van der Waals surface area (Å²) in [7, 11) is 0. The van der Waals surface area contributed by atoms with Crippen LogP contribution in [-0.2, 0) is 6.42 Å². The molecule has 3 rings (SSSR count). The van der Waals surface area contributed by atoms with Gasteiger partial charge in [0, 0.05) is 12.2 Å². The Labute approximate surface area is 123 Å². The molecule has 0 fully saturated rings. The van der Waals surface area contributed by atoms with E-state index in [0.29, 0.717) is 12.4 Å². The van der Waals surface area contributed by atoms with E-state index in [0.717, 1.165) is 19.5 Å². The Bertz CT molecular complexity index is 654. The predicted molar refractivity (Wildman–Crippen MR) is 81.3 cm³/mol. The van der Waals surface area contributed by atoms with Crippen molar-refractivity contribution in [1.29, 1.82) is 0 Å². The highest BCUT2D eigenvalue weighted by Gasteiger charge is 2.18. The molecule has 108 valence electrons. The van der Waals surface area contributed by atoms with Crippen LogP contribution < -0.4 is 9.64 Å². The molecule has 4 heteroatoms. The molecule has 1 aliphatic rings. The van der Waals surface area contributed by atoms with E-state index in [1.54, 1.807) is 24.3 Å². The summed E-state index contributed by atoms with van der Waals surface area (Å²) in [6, 6.07) is 15.1. The summed E-state index contributed by atoms with van der Waals surface area (Å²) in [5.74, 6) is -0.533. The van der Waals surface area contributed by atoms with Crippen LogP contribution in [0.3, 0.4) is 0 Å². The van der Waals surface area contributed by atoms with Gasteiger partial charge in [-0.05, 0) is 30.2 Å². The van der Waals surface area contributed by atoms with Gasteiger partial charge in [0.15, 0.2) is 0 Å². The minimum atomic E-state index is -0.961. The maximum Gasteiger partial charge on any atom is 0.339 e. The SMILES string of the molecule is O=C(O)c1ccccc1OCCN1CCc2ccccc21. The topological polar surface area (TPSA) is 49.8 Å². The Hall–Kier alpha value is -2.49. The highest BCUT2D eigenvalue weighted by Crippen LogP contribution is 2.27. The van der Waals surface area contributed by atoms with Crippen LogP contribution in [0.2, 0.25) is 0 Å². The van der Waals surface area contributed by atoms with Gasteiger partial charge in [-0.15, -0.1) is 0 Å². The van der Waals surface area contributed by atoms with Crippen molar-refractivity contribution in [2.24, 2.45) is 0 Å². The molecule has 0 spiro atoms. The zero-order valence-electron chi connectivity index (χ0n) is 11.7. The Balaban J connectivity index is 1.62. The Morgan fingerprint density at radius 3 is 2.76 bits per heavy atom. The van der Waals surface area contributed by atoms with Gasteiger partial charge < -0.3 is 14.7 Å². The van der Waals surface area contributed by atoms with Crippen molar-refractivity contribution in [2.45, 2.75) is 6.42 Å². The zero-order chi connectivity index (χ0) is 14.7. The van der Waals surface area contributed by atoms with E-state index in [2.05, 4.69) is 23.1 Å². The molecule has 0 radical (unpaired) electrons. The number of nitrogens with zero attached hydrogens (tertiary/aromatic N) is 1. The summed E-state index contributed by atoms with van der Waals surface area (Å²) in [5.41, 5.74) is 2.83. The van der Waals surface area contributed by atoms with Gasteiger partial charge in [-0.1, -0.05) is 30.3 Å². The van der Waals surface area contributed by atoms with Crippen LogP contribution in [0, 0.1) is 0 Å². The van der Waals surface area contributed by atoms with Crippen LogP contribution >= 0.6 is 0 Å². The summed E-state index contributed by atoms with van der Waals surface area (Å²) < 4.78 is 5.65. The molecule has 0 amide bonds. The van der Waals surface area contributed by atoms with Crippen molar-refractivity contribution in [3.63, 3.8) is 0 Å². The van der Waals surface area contributed by atoms with Crippen molar-refractivity contribution >= 4 is 11.7 Å². The third-order valence-electron chi connectivity index (χ3n) is 3.72. The minimum absolute atomic E-state index is 0.208. The number of hydrogen-bond acceptors (Lipinski definition) is 3. The highest BCUT2D eigenvalue weighted by atomic mass is 16.5.